The van der Waals surface area contributed by atoms with Gasteiger partial charge >= 0.3 is 6.18 Å². The van der Waals surface area contributed by atoms with Crippen LogP contribution in [0.5, 0.6) is 0 Å². The minimum atomic E-state index is -4.65. The van der Waals surface area contributed by atoms with E-state index in [1.54, 1.807) is 0 Å². The van der Waals surface area contributed by atoms with E-state index in [0.29, 0.717) is 0 Å². The molecule has 2 aromatic rings. The Balaban J connectivity index is 2.20. The first kappa shape index (κ1) is 19.5. The van der Waals surface area contributed by atoms with Gasteiger partial charge in [0.05, 0.1) is 21.7 Å². The van der Waals surface area contributed by atoms with E-state index < -0.39 is 28.6 Å². The quantitative estimate of drug-likeness (QED) is 0.769. The molecular weight excluding hydrogens is 371 g/mol. The molecule has 0 fully saturated rings. The lowest BCUT2D eigenvalue weighted by Crippen LogP contribution is -2.24. The van der Waals surface area contributed by atoms with Crippen molar-refractivity contribution in [1.29, 1.82) is 0 Å². The number of amides is 2. The van der Waals surface area contributed by atoms with Gasteiger partial charge in [-0.2, -0.15) is 13.2 Å². The van der Waals surface area contributed by atoms with Crippen LogP contribution in [0.2, 0.25) is 5.02 Å². The standard InChI is InChI=1S/C17H13ClF3N3O2/c1-2-5-23-15(25)10-6-11(9-22-8-10)16(26)24-12-3-4-14(18)13(7-12)17(19,20)21/h2-4,6-9H,1,5H2,(H,23,25)(H,24,26). The zero-order chi connectivity index (χ0) is 19.3. The van der Waals surface area contributed by atoms with Gasteiger partial charge in [0.15, 0.2) is 0 Å². The van der Waals surface area contributed by atoms with E-state index in [1.807, 2.05) is 0 Å². The first-order valence-electron chi connectivity index (χ1n) is 7.24. The number of alkyl halides is 3. The van der Waals surface area contributed by atoms with Crippen molar-refractivity contribution in [2.24, 2.45) is 0 Å². The second-order valence-electron chi connectivity index (χ2n) is 5.11. The molecule has 0 aliphatic carbocycles. The van der Waals surface area contributed by atoms with Crippen LogP contribution in [0.1, 0.15) is 26.3 Å². The number of hydrogen-bond acceptors (Lipinski definition) is 3. The highest BCUT2D eigenvalue weighted by Gasteiger charge is 2.33. The van der Waals surface area contributed by atoms with E-state index in [1.165, 1.54) is 30.6 Å². The Kier molecular flexibility index (Phi) is 5.99. The molecule has 0 saturated carbocycles. The van der Waals surface area contributed by atoms with E-state index in [0.717, 1.165) is 12.1 Å². The van der Waals surface area contributed by atoms with Crippen LogP contribution >= 0.6 is 11.6 Å². The Morgan fingerprint density at radius 2 is 1.81 bits per heavy atom. The highest BCUT2D eigenvalue weighted by Crippen LogP contribution is 2.36. The van der Waals surface area contributed by atoms with Crippen LogP contribution < -0.4 is 10.6 Å². The molecular formula is C17H13ClF3N3O2. The number of hydrogen-bond donors (Lipinski definition) is 2. The van der Waals surface area contributed by atoms with Gasteiger partial charge in [0, 0.05) is 24.6 Å². The molecule has 0 unspecified atom stereocenters. The predicted molar refractivity (Wildman–Crippen MR) is 91.2 cm³/mol. The van der Waals surface area contributed by atoms with E-state index in [-0.39, 0.29) is 23.4 Å². The zero-order valence-electron chi connectivity index (χ0n) is 13.2. The van der Waals surface area contributed by atoms with Gasteiger partial charge in [-0.1, -0.05) is 17.7 Å². The molecule has 1 aromatic heterocycles. The Hall–Kier alpha value is -2.87. The maximum Gasteiger partial charge on any atom is 0.417 e. The van der Waals surface area contributed by atoms with Gasteiger partial charge in [0.25, 0.3) is 11.8 Å². The summed E-state index contributed by atoms with van der Waals surface area (Å²) in [6.07, 6.45) is -0.706. The number of halogens is 4. The minimum Gasteiger partial charge on any atom is -0.349 e. The lowest BCUT2D eigenvalue weighted by atomic mass is 10.1. The molecule has 2 N–H and O–H groups in total. The average molecular weight is 384 g/mol. The summed E-state index contributed by atoms with van der Waals surface area (Å²) in [6, 6.07) is 4.29. The summed E-state index contributed by atoms with van der Waals surface area (Å²) >= 11 is 5.54. The van der Waals surface area contributed by atoms with Gasteiger partial charge < -0.3 is 10.6 Å². The minimum absolute atomic E-state index is 0.0137. The third-order valence-electron chi connectivity index (χ3n) is 3.20. The van der Waals surface area contributed by atoms with Gasteiger partial charge in [-0.3, -0.25) is 14.6 Å². The van der Waals surface area contributed by atoms with Crippen LogP contribution in [-0.2, 0) is 6.18 Å². The third kappa shape index (κ3) is 4.82. The van der Waals surface area contributed by atoms with Crippen LogP contribution in [0.15, 0.2) is 49.3 Å². The number of carbonyl (C=O) groups is 2. The molecule has 0 aliphatic heterocycles. The second-order valence-corrected chi connectivity index (χ2v) is 5.51. The number of nitrogens with zero attached hydrogens (tertiary/aromatic N) is 1. The summed E-state index contributed by atoms with van der Waals surface area (Å²) in [7, 11) is 0. The molecule has 0 aliphatic rings. The molecule has 2 amide bonds. The fourth-order valence-electron chi connectivity index (χ4n) is 1.98. The lowest BCUT2D eigenvalue weighted by molar-refractivity contribution is -0.137. The molecule has 0 bridgehead atoms. The lowest BCUT2D eigenvalue weighted by Gasteiger charge is -2.12. The van der Waals surface area contributed by atoms with Crippen LogP contribution in [0.4, 0.5) is 18.9 Å². The number of pyridine rings is 1. The molecule has 0 saturated heterocycles. The number of carbonyl (C=O) groups excluding carboxylic acids is 2. The van der Waals surface area contributed by atoms with E-state index in [4.69, 9.17) is 11.6 Å². The molecule has 0 spiro atoms. The van der Waals surface area contributed by atoms with E-state index in [2.05, 4.69) is 22.2 Å². The Morgan fingerprint density at radius 1 is 1.15 bits per heavy atom. The maximum atomic E-state index is 12.9. The van der Waals surface area contributed by atoms with Crippen molar-refractivity contribution in [2.45, 2.75) is 6.18 Å². The van der Waals surface area contributed by atoms with Crippen LogP contribution in [0.25, 0.3) is 0 Å². The van der Waals surface area contributed by atoms with Crippen LogP contribution in [0.3, 0.4) is 0 Å². The summed E-state index contributed by atoms with van der Waals surface area (Å²) in [5.41, 5.74) is -1.01. The third-order valence-corrected chi connectivity index (χ3v) is 3.53. The smallest absolute Gasteiger partial charge is 0.349 e. The SMILES string of the molecule is C=CCNC(=O)c1cncc(C(=O)Nc2ccc(Cl)c(C(F)(F)F)c2)c1. The van der Waals surface area contributed by atoms with Crippen molar-refractivity contribution in [3.8, 4) is 0 Å². The average Bonchev–Trinajstić information content (AvgIpc) is 2.60. The van der Waals surface area contributed by atoms with Crippen molar-refractivity contribution < 1.29 is 22.8 Å². The first-order chi connectivity index (χ1) is 12.2. The fraction of sp³-hybridized carbons (Fsp3) is 0.118. The molecule has 0 atom stereocenters. The molecule has 2 rings (SSSR count). The van der Waals surface area contributed by atoms with Gasteiger partial charge in [-0.15, -0.1) is 6.58 Å². The van der Waals surface area contributed by atoms with Crippen molar-refractivity contribution in [3.05, 3.63) is 71.0 Å². The van der Waals surface area contributed by atoms with Crippen molar-refractivity contribution in [3.63, 3.8) is 0 Å². The Labute approximate surface area is 151 Å². The highest BCUT2D eigenvalue weighted by atomic mass is 35.5. The van der Waals surface area contributed by atoms with Crippen molar-refractivity contribution >= 4 is 29.1 Å². The maximum absolute atomic E-state index is 12.9. The monoisotopic (exact) mass is 383 g/mol. The number of anilines is 1. The summed E-state index contributed by atoms with van der Waals surface area (Å²) in [6.45, 7) is 3.70. The number of rotatable bonds is 5. The van der Waals surface area contributed by atoms with E-state index >= 15 is 0 Å². The summed E-state index contributed by atoms with van der Waals surface area (Å²) in [5, 5.41) is 4.37. The molecule has 0 radical (unpaired) electrons. The molecule has 26 heavy (non-hydrogen) atoms. The zero-order valence-corrected chi connectivity index (χ0v) is 14.0. The molecule has 1 heterocycles. The fourth-order valence-corrected chi connectivity index (χ4v) is 2.20. The summed E-state index contributed by atoms with van der Waals surface area (Å²) < 4.78 is 38.6. The number of nitrogens with one attached hydrogen (secondary N) is 2. The van der Waals surface area contributed by atoms with E-state index in [9.17, 15) is 22.8 Å². The summed E-state index contributed by atoms with van der Waals surface area (Å²) in [4.78, 5) is 27.9. The van der Waals surface area contributed by atoms with Crippen LogP contribution in [-0.4, -0.2) is 23.3 Å². The van der Waals surface area contributed by atoms with Crippen LogP contribution in [0, 0.1) is 0 Å². The predicted octanol–water partition coefficient (Wildman–Crippen LogP) is 3.92. The van der Waals surface area contributed by atoms with Crippen molar-refractivity contribution in [2.75, 3.05) is 11.9 Å². The normalized spacial score (nSPS) is 10.9. The van der Waals surface area contributed by atoms with Gasteiger partial charge in [0.1, 0.15) is 0 Å². The van der Waals surface area contributed by atoms with Gasteiger partial charge in [-0.05, 0) is 24.3 Å². The Morgan fingerprint density at radius 3 is 2.42 bits per heavy atom. The highest BCUT2D eigenvalue weighted by molar-refractivity contribution is 6.31. The largest absolute Gasteiger partial charge is 0.417 e. The summed E-state index contributed by atoms with van der Waals surface area (Å²) in [5.74, 6) is -1.18. The molecule has 1 aromatic carbocycles. The Bertz CT molecular complexity index is 853. The molecule has 136 valence electrons. The number of aromatic nitrogens is 1. The molecule has 9 heteroatoms. The van der Waals surface area contributed by atoms with Gasteiger partial charge in [0.2, 0.25) is 0 Å². The first-order valence-corrected chi connectivity index (χ1v) is 7.62. The van der Waals surface area contributed by atoms with Gasteiger partial charge in [-0.25, -0.2) is 0 Å². The van der Waals surface area contributed by atoms with Crippen molar-refractivity contribution in [1.82, 2.24) is 10.3 Å². The second kappa shape index (κ2) is 8.01. The molecule has 5 nitrogen and oxygen atoms in total. The number of benzene rings is 1. The topological polar surface area (TPSA) is 71.1 Å².